The average molecular weight is 435 g/mol. The summed E-state index contributed by atoms with van der Waals surface area (Å²) in [6, 6.07) is 10.3. The highest BCUT2D eigenvalue weighted by Gasteiger charge is 2.06. The van der Waals surface area contributed by atoms with Crippen molar-refractivity contribution in [2.45, 2.75) is 61.6 Å². The van der Waals surface area contributed by atoms with Crippen LogP contribution in [0.25, 0.3) is 5.70 Å². The number of aromatic nitrogens is 4. The molecule has 0 aliphatic rings. The molecule has 6 heteroatoms. The number of rotatable bonds is 8. The van der Waals surface area contributed by atoms with Crippen molar-refractivity contribution in [3.05, 3.63) is 78.1 Å². The number of hydrogen-bond donors (Lipinski definition) is 1. The van der Waals surface area contributed by atoms with Crippen LogP contribution in [0.5, 0.6) is 0 Å². The Morgan fingerprint density at radius 3 is 2.28 bits per heavy atom. The summed E-state index contributed by atoms with van der Waals surface area (Å²) >= 11 is 0. The molecule has 2 aromatic heterocycles. The summed E-state index contributed by atoms with van der Waals surface area (Å²) in [6.07, 6.45) is 11.2. The number of benzene rings is 1. The molecule has 0 spiro atoms. The molecule has 0 unspecified atom stereocenters. The lowest BCUT2D eigenvalue weighted by Gasteiger charge is -2.10. The van der Waals surface area contributed by atoms with Gasteiger partial charge in [0.25, 0.3) is 0 Å². The molecule has 0 fully saturated rings. The Labute approximate surface area is 193 Å². The molecule has 0 saturated heterocycles. The number of allylic oxidation sites excluding steroid dienone is 1. The van der Waals surface area contributed by atoms with Crippen LogP contribution in [0.2, 0.25) is 0 Å². The maximum Gasteiger partial charge on any atom is 0.222 e. The third kappa shape index (κ3) is 8.84. The number of aliphatic imine (C=N–C) groups is 1. The molecule has 6 nitrogen and oxygen atoms in total. The number of nitrogens with zero attached hydrogens (tertiary/aromatic N) is 5. The zero-order chi connectivity index (χ0) is 23.8. The largest absolute Gasteiger partial charge is 0.349 e. The van der Waals surface area contributed by atoms with Crippen molar-refractivity contribution < 1.29 is 0 Å². The molecule has 2 heterocycles. The second-order valence-electron chi connectivity index (χ2n) is 6.83. The highest BCUT2D eigenvalue weighted by molar-refractivity contribution is 5.72. The van der Waals surface area contributed by atoms with Gasteiger partial charge in [-0.2, -0.15) is 0 Å². The van der Waals surface area contributed by atoms with Gasteiger partial charge in [-0.1, -0.05) is 78.0 Å². The molecule has 0 atom stereocenters. The standard InChI is InChI=1S/C22H26N6.2C2H6/c1-4-24-21(10-17(2)3)19-11-25-22(26-12-19)27-14-20-13-23-16-28(20)15-18-8-6-5-7-9-18;2*1-2/h4-13,16-17H,14-15H2,1-3H3,(H,25,26,27);2*1-2H3/b21-10-,24-4?;;. The molecule has 1 N–H and O–H groups in total. The summed E-state index contributed by atoms with van der Waals surface area (Å²) in [5, 5.41) is 3.27. The van der Waals surface area contributed by atoms with Gasteiger partial charge < -0.3 is 9.88 Å². The molecule has 1 aromatic carbocycles. The summed E-state index contributed by atoms with van der Waals surface area (Å²) in [5.41, 5.74) is 4.12. The van der Waals surface area contributed by atoms with Gasteiger partial charge in [0.1, 0.15) is 0 Å². The van der Waals surface area contributed by atoms with Gasteiger partial charge in [0.2, 0.25) is 5.95 Å². The van der Waals surface area contributed by atoms with Crippen molar-refractivity contribution in [1.29, 1.82) is 0 Å². The summed E-state index contributed by atoms with van der Waals surface area (Å²) in [5.74, 6) is 0.988. The summed E-state index contributed by atoms with van der Waals surface area (Å²) in [6.45, 7) is 15.6. The Bertz CT molecular complexity index is 924. The van der Waals surface area contributed by atoms with Gasteiger partial charge in [-0.3, -0.25) is 4.99 Å². The van der Waals surface area contributed by atoms with Crippen molar-refractivity contribution in [1.82, 2.24) is 19.5 Å². The Hall–Kier alpha value is -3.28. The van der Waals surface area contributed by atoms with Gasteiger partial charge in [-0.25, -0.2) is 15.0 Å². The summed E-state index contributed by atoms with van der Waals surface area (Å²) in [7, 11) is 0. The first-order chi connectivity index (χ1) is 15.7. The van der Waals surface area contributed by atoms with E-state index in [1.54, 1.807) is 18.6 Å². The van der Waals surface area contributed by atoms with Gasteiger partial charge in [-0.05, 0) is 18.4 Å². The van der Waals surface area contributed by atoms with Crippen molar-refractivity contribution in [2.24, 2.45) is 10.9 Å². The molecule has 0 aliphatic carbocycles. The highest BCUT2D eigenvalue weighted by Crippen LogP contribution is 2.17. The number of anilines is 1. The second kappa shape index (κ2) is 15.5. The lowest BCUT2D eigenvalue weighted by atomic mass is 10.1. The summed E-state index contributed by atoms with van der Waals surface area (Å²) < 4.78 is 2.12. The number of nitrogens with one attached hydrogen (secondary N) is 1. The maximum absolute atomic E-state index is 4.44. The van der Waals surface area contributed by atoms with Crippen LogP contribution in [0.15, 0.2) is 66.3 Å². The van der Waals surface area contributed by atoms with Crippen LogP contribution in [0.3, 0.4) is 0 Å². The first-order valence-corrected chi connectivity index (χ1v) is 11.5. The zero-order valence-electron chi connectivity index (χ0n) is 20.6. The minimum absolute atomic E-state index is 0.404. The minimum Gasteiger partial charge on any atom is -0.349 e. The molecule has 0 bridgehead atoms. The van der Waals surface area contributed by atoms with Crippen LogP contribution in [-0.4, -0.2) is 25.7 Å². The fourth-order valence-electron chi connectivity index (χ4n) is 2.81. The van der Waals surface area contributed by atoms with Gasteiger partial charge in [0.05, 0.1) is 24.3 Å². The van der Waals surface area contributed by atoms with E-state index in [1.165, 1.54) is 5.56 Å². The van der Waals surface area contributed by atoms with Crippen molar-refractivity contribution in [2.75, 3.05) is 5.32 Å². The van der Waals surface area contributed by atoms with E-state index >= 15 is 0 Å². The van der Waals surface area contributed by atoms with Crippen LogP contribution >= 0.6 is 0 Å². The lowest BCUT2D eigenvalue weighted by molar-refractivity contribution is 0.747. The van der Waals surface area contributed by atoms with Crippen molar-refractivity contribution in [3.63, 3.8) is 0 Å². The third-order valence-electron chi connectivity index (χ3n) is 4.13. The maximum atomic E-state index is 4.44. The quantitative estimate of drug-likeness (QED) is 0.412. The Morgan fingerprint density at radius 1 is 1.03 bits per heavy atom. The normalized spacial score (nSPS) is 10.9. The number of imidazole rings is 1. The SMILES string of the molecule is CC.CC.CC=N/C(=C\C(C)C)c1cnc(NCc2cncn2Cc2ccccc2)nc1. The smallest absolute Gasteiger partial charge is 0.222 e. The molecule has 0 radical (unpaired) electrons. The molecule has 32 heavy (non-hydrogen) atoms. The Morgan fingerprint density at radius 2 is 1.69 bits per heavy atom. The fourth-order valence-corrected chi connectivity index (χ4v) is 2.81. The Kier molecular flexibility index (Phi) is 13.0. The van der Waals surface area contributed by atoms with E-state index in [4.69, 9.17) is 0 Å². The van der Waals surface area contributed by atoms with E-state index in [0.29, 0.717) is 18.4 Å². The molecule has 172 valence electrons. The van der Waals surface area contributed by atoms with E-state index in [1.807, 2.05) is 65.3 Å². The Balaban J connectivity index is 0.00000121. The number of hydrogen-bond acceptors (Lipinski definition) is 5. The van der Waals surface area contributed by atoms with Gasteiger partial charge in [0, 0.05) is 36.9 Å². The van der Waals surface area contributed by atoms with E-state index in [0.717, 1.165) is 23.5 Å². The van der Waals surface area contributed by atoms with Gasteiger partial charge in [-0.15, -0.1) is 0 Å². The molecular weight excluding hydrogens is 396 g/mol. The highest BCUT2D eigenvalue weighted by atomic mass is 15.1. The van der Waals surface area contributed by atoms with Gasteiger partial charge >= 0.3 is 0 Å². The average Bonchev–Trinajstić information content (AvgIpc) is 3.27. The van der Waals surface area contributed by atoms with E-state index in [9.17, 15) is 0 Å². The molecular formula is C26H38N6. The predicted octanol–water partition coefficient (Wildman–Crippen LogP) is 6.47. The topological polar surface area (TPSA) is 68.0 Å². The first kappa shape index (κ1) is 26.8. The monoisotopic (exact) mass is 434 g/mol. The summed E-state index contributed by atoms with van der Waals surface area (Å²) in [4.78, 5) is 17.6. The van der Waals surface area contributed by atoms with Crippen LogP contribution in [-0.2, 0) is 13.1 Å². The van der Waals surface area contributed by atoms with Crippen LogP contribution < -0.4 is 5.32 Å². The van der Waals surface area contributed by atoms with Crippen molar-refractivity contribution >= 4 is 17.9 Å². The van der Waals surface area contributed by atoms with Crippen molar-refractivity contribution in [3.8, 4) is 0 Å². The zero-order valence-corrected chi connectivity index (χ0v) is 20.6. The molecule has 3 rings (SSSR count). The lowest BCUT2D eigenvalue weighted by Crippen LogP contribution is -2.09. The molecule has 3 aromatic rings. The third-order valence-corrected chi connectivity index (χ3v) is 4.13. The minimum atomic E-state index is 0.404. The van der Waals surface area contributed by atoms with E-state index in [2.05, 4.69) is 61.9 Å². The molecule has 0 aliphatic heterocycles. The van der Waals surface area contributed by atoms with Crippen LogP contribution in [0.1, 0.15) is 65.3 Å². The van der Waals surface area contributed by atoms with Gasteiger partial charge in [0.15, 0.2) is 0 Å². The second-order valence-corrected chi connectivity index (χ2v) is 6.83. The molecule has 0 amide bonds. The first-order valence-electron chi connectivity index (χ1n) is 11.5. The fraction of sp³-hybridized carbons (Fsp3) is 0.385. The van der Waals surface area contributed by atoms with E-state index in [-0.39, 0.29) is 0 Å². The van der Waals surface area contributed by atoms with E-state index < -0.39 is 0 Å². The predicted molar refractivity (Wildman–Crippen MR) is 137 cm³/mol. The van der Waals surface area contributed by atoms with Crippen LogP contribution in [0.4, 0.5) is 5.95 Å². The molecule has 0 saturated carbocycles. The van der Waals surface area contributed by atoms with Crippen LogP contribution in [0, 0.1) is 5.92 Å².